The topological polar surface area (TPSA) is 46.3 Å². The molecule has 0 unspecified atom stereocenters. The largest absolute Gasteiger partial charge is 0.369 e. The van der Waals surface area contributed by atoms with Gasteiger partial charge in [-0.1, -0.05) is 13.8 Å². The zero-order chi connectivity index (χ0) is 9.56. The summed E-state index contributed by atoms with van der Waals surface area (Å²) in [5.41, 5.74) is 5.16. The van der Waals surface area contributed by atoms with Crippen molar-refractivity contribution in [2.45, 2.75) is 26.7 Å². The fourth-order valence-electron chi connectivity index (χ4n) is 1.29. The highest BCUT2D eigenvalue weighted by atomic mass is 16.1. The van der Waals surface area contributed by atoms with Crippen LogP contribution < -0.4 is 5.73 Å². The van der Waals surface area contributed by atoms with Crippen LogP contribution in [0.4, 0.5) is 0 Å². The van der Waals surface area contributed by atoms with E-state index in [1.807, 2.05) is 13.8 Å². The standard InChI is InChI=1S/C7H14N2O.C2H6/c1-9-4-2-6(3-5-9)7(8)10;1-2/h6H,2-5H2,1H3,(H2,8,10);1-2H3. The van der Waals surface area contributed by atoms with Gasteiger partial charge in [0, 0.05) is 5.92 Å². The molecule has 0 aliphatic carbocycles. The van der Waals surface area contributed by atoms with Gasteiger partial charge in [-0.3, -0.25) is 4.79 Å². The number of hydrogen-bond donors (Lipinski definition) is 1. The van der Waals surface area contributed by atoms with Gasteiger partial charge in [0.2, 0.25) is 5.91 Å². The summed E-state index contributed by atoms with van der Waals surface area (Å²) in [6.07, 6.45) is 1.87. The minimum atomic E-state index is -0.131. The van der Waals surface area contributed by atoms with Crippen molar-refractivity contribution in [2.75, 3.05) is 20.1 Å². The molecule has 72 valence electrons. The molecular formula is C9H20N2O. The zero-order valence-corrected chi connectivity index (χ0v) is 8.34. The lowest BCUT2D eigenvalue weighted by Gasteiger charge is -2.26. The Morgan fingerprint density at radius 2 is 1.75 bits per heavy atom. The number of carbonyl (C=O) groups excluding carboxylic acids is 1. The first kappa shape index (κ1) is 11.4. The molecule has 1 aliphatic rings. The molecule has 0 aromatic carbocycles. The molecule has 0 radical (unpaired) electrons. The van der Waals surface area contributed by atoms with Gasteiger partial charge in [-0.25, -0.2) is 0 Å². The van der Waals surface area contributed by atoms with Crippen molar-refractivity contribution in [1.82, 2.24) is 4.90 Å². The predicted molar refractivity (Wildman–Crippen MR) is 50.8 cm³/mol. The normalized spacial score (nSPS) is 19.6. The van der Waals surface area contributed by atoms with Crippen LogP contribution in [0.15, 0.2) is 0 Å². The molecule has 1 heterocycles. The number of carbonyl (C=O) groups is 1. The molecule has 3 nitrogen and oxygen atoms in total. The van der Waals surface area contributed by atoms with Crippen molar-refractivity contribution in [1.29, 1.82) is 0 Å². The van der Waals surface area contributed by atoms with E-state index in [4.69, 9.17) is 5.73 Å². The molecule has 3 heteroatoms. The minimum Gasteiger partial charge on any atom is -0.369 e. The maximum atomic E-state index is 10.7. The zero-order valence-electron chi connectivity index (χ0n) is 8.34. The first-order chi connectivity index (χ1) is 5.70. The summed E-state index contributed by atoms with van der Waals surface area (Å²) in [6.45, 7) is 6.02. The first-order valence-corrected chi connectivity index (χ1v) is 4.68. The van der Waals surface area contributed by atoms with Crippen molar-refractivity contribution in [3.05, 3.63) is 0 Å². The van der Waals surface area contributed by atoms with Crippen molar-refractivity contribution in [3.63, 3.8) is 0 Å². The van der Waals surface area contributed by atoms with Gasteiger partial charge < -0.3 is 10.6 Å². The number of piperidine rings is 1. The second kappa shape index (κ2) is 6.00. The van der Waals surface area contributed by atoms with Crippen LogP contribution in [0, 0.1) is 5.92 Å². The van der Waals surface area contributed by atoms with E-state index in [1.54, 1.807) is 0 Å². The van der Waals surface area contributed by atoms with E-state index in [0.29, 0.717) is 0 Å². The van der Waals surface area contributed by atoms with Gasteiger partial charge in [0.15, 0.2) is 0 Å². The van der Waals surface area contributed by atoms with Crippen molar-refractivity contribution in [3.8, 4) is 0 Å². The van der Waals surface area contributed by atoms with E-state index in [2.05, 4.69) is 11.9 Å². The van der Waals surface area contributed by atoms with E-state index in [1.165, 1.54) is 0 Å². The third-order valence-electron chi connectivity index (χ3n) is 2.12. The molecule has 12 heavy (non-hydrogen) atoms. The Bertz CT molecular complexity index is 128. The van der Waals surface area contributed by atoms with E-state index in [-0.39, 0.29) is 11.8 Å². The maximum Gasteiger partial charge on any atom is 0.220 e. The van der Waals surface area contributed by atoms with Crippen molar-refractivity contribution < 1.29 is 4.79 Å². The van der Waals surface area contributed by atoms with Crippen LogP contribution in [-0.2, 0) is 4.79 Å². The molecule has 0 aromatic rings. The average molecular weight is 172 g/mol. The van der Waals surface area contributed by atoms with Gasteiger partial charge in [-0.15, -0.1) is 0 Å². The molecule has 0 atom stereocenters. The number of primary amides is 1. The van der Waals surface area contributed by atoms with Crippen LogP contribution in [0.2, 0.25) is 0 Å². The number of hydrogen-bond acceptors (Lipinski definition) is 2. The number of nitrogens with zero attached hydrogens (tertiary/aromatic N) is 1. The second-order valence-electron chi connectivity index (χ2n) is 2.98. The monoisotopic (exact) mass is 172 g/mol. The van der Waals surface area contributed by atoms with E-state index >= 15 is 0 Å². The molecule has 1 saturated heterocycles. The Morgan fingerprint density at radius 1 is 1.33 bits per heavy atom. The SMILES string of the molecule is CC.CN1CCC(C(N)=O)CC1. The van der Waals surface area contributed by atoms with E-state index in [0.717, 1.165) is 25.9 Å². The first-order valence-electron chi connectivity index (χ1n) is 4.68. The Kier molecular flexibility index (Phi) is 5.72. The summed E-state index contributed by atoms with van der Waals surface area (Å²) in [6, 6.07) is 0. The van der Waals surface area contributed by atoms with Gasteiger partial charge in [-0.05, 0) is 33.0 Å². The average Bonchev–Trinajstić information content (AvgIpc) is 2.09. The van der Waals surface area contributed by atoms with Gasteiger partial charge >= 0.3 is 0 Å². The summed E-state index contributed by atoms with van der Waals surface area (Å²) in [5, 5.41) is 0. The van der Waals surface area contributed by atoms with Crippen molar-refractivity contribution in [2.24, 2.45) is 11.7 Å². The van der Waals surface area contributed by atoms with Gasteiger partial charge in [0.1, 0.15) is 0 Å². The summed E-state index contributed by atoms with van der Waals surface area (Å²) in [5.74, 6) is 0.00398. The molecule has 1 fully saturated rings. The Morgan fingerprint density at radius 3 is 2.08 bits per heavy atom. The predicted octanol–water partition coefficient (Wildman–Crippen LogP) is 0.840. The van der Waals surface area contributed by atoms with E-state index < -0.39 is 0 Å². The Labute approximate surface area is 74.9 Å². The lowest BCUT2D eigenvalue weighted by Crippen LogP contribution is -2.36. The maximum absolute atomic E-state index is 10.7. The van der Waals surface area contributed by atoms with Gasteiger partial charge in [0.05, 0.1) is 0 Å². The molecule has 0 spiro atoms. The molecule has 1 rings (SSSR count). The molecule has 0 saturated carbocycles. The van der Waals surface area contributed by atoms with Crippen LogP contribution in [0.3, 0.4) is 0 Å². The van der Waals surface area contributed by atoms with Gasteiger partial charge in [-0.2, -0.15) is 0 Å². The number of nitrogens with two attached hydrogens (primary N) is 1. The number of amides is 1. The smallest absolute Gasteiger partial charge is 0.220 e. The summed E-state index contributed by atoms with van der Waals surface area (Å²) in [4.78, 5) is 12.9. The highest BCUT2D eigenvalue weighted by Crippen LogP contribution is 2.14. The summed E-state index contributed by atoms with van der Waals surface area (Å²) < 4.78 is 0. The molecule has 1 amide bonds. The lowest BCUT2D eigenvalue weighted by molar-refractivity contribution is -0.123. The van der Waals surface area contributed by atoms with Crippen LogP contribution in [0.25, 0.3) is 0 Å². The molecular weight excluding hydrogens is 152 g/mol. The van der Waals surface area contributed by atoms with E-state index in [9.17, 15) is 4.79 Å². The Hall–Kier alpha value is -0.570. The van der Waals surface area contributed by atoms with Crippen LogP contribution in [-0.4, -0.2) is 30.9 Å². The summed E-state index contributed by atoms with van der Waals surface area (Å²) >= 11 is 0. The highest BCUT2D eigenvalue weighted by molar-refractivity contribution is 5.76. The second-order valence-corrected chi connectivity index (χ2v) is 2.98. The molecule has 2 N–H and O–H groups in total. The molecule has 1 aliphatic heterocycles. The minimum absolute atomic E-state index is 0.131. The van der Waals surface area contributed by atoms with Crippen LogP contribution in [0.1, 0.15) is 26.7 Å². The summed E-state index contributed by atoms with van der Waals surface area (Å²) in [7, 11) is 2.07. The Balaban J connectivity index is 0.000000561. The molecule has 0 bridgehead atoms. The van der Waals surface area contributed by atoms with Crippen LogP contribution >= 0.6 is 0 Å². The lowest BCUT2D eigenvalue weighted by atomic mass is 9.97. The number of likely N-dealkylation sites (tertiary alicyclic amines) is 1. The van der Waals surface area contributed by atoms with Crippen LogP contribution in [0.5, 0.6) is 0 Å². The molecule has 0 aromatic heterocycles. The third-order valence-corrected chi connectivity index (χ3v) is 2.12. The third kappa shape index (κ3) is 3.72. The number of rotatable bonds is 1. The quantitative estimate of drug-likeness (QED) is 0.637. The fourth-order valence-corrected chi connectivity index (χ4v) is 1.29. The highest BCUT2D eigenvalue weighted by Gasteiger charge is 2.20. The van der Waals surface area contributed by atoms with Gasteiger partial charge in [0.25, 0.3) is 0 Å². The fraction of sp³-hybridized carbons (Fsp3) is 0.889. The van der Waals surface area contributed by atoms with Crippen molar-refractivity contribution >= 4 is 5.91 Å².